The van der Waals surface area contributed by atoms with E-state index in [9.17, 15) is 14.4 Å². The molecule has 0 saturated carbocycles. The first kappa shape index (κ1) is 13.1. The van der Waals surface area contributed by atoms with Crippen LogP contribution in [0.25, 0.3) is 11.5 Å². The minimum atomic E-state index is -4.43. The van der Waals surface area contributed by atoms with Gasteiger partial charge in [0.2, 0.25) is 0 Å². The molecular weight excluding hydrogens is 277 g/mol. The van der Waals surface area contributed by atoms with Gasteiger partial charge in [0, 0.05) is 0 Å². The first-order valence-electron chi connectivity index (χ1n) is 4.74. The first-order chi connectivity index (χ1) is 8.43. The fourth-order valence-corrected chi connectivity index (χ4v) is 2.57. The molecule has 7 nitrogen and oxygen atoms in total. The molecule has 0 bridgehead atoms. The topological polar surface area (TPSA) is 122 Å². The van der Waals surface area contributed by atoms with E-state index >= 15 is 0 Å². The van der Waals surface area contributed by atoms with E-state index in [-0.39, 0.29) is 22.6 Å². The number of hydrogen-bond donors (Lipinski definition) is 3. The van der Waals surface area contributed by atoms with Crippen LogP contribution in [0.5, 0.6) is 0 Å². The zero-order valence-corrected chi connectivity index (χ0v) is 11.0. The van der Waals surface area contributed by atoms with Crippen LogP contribution in [-0.4, -0.2) is 26.0 Å². The molecule has 2 aromatic heterocycles. The lowest BCUT2D eigenvalue weighted by atomic mass is 10.3. The highest BCUT2D eigenvalue weighted by molar-refractivity contribution is 7.98. The molecule has 2 heterocycles. The molecule has 0 aliphatic carbocycles. The predicted octanol–water partition coefficient (Wildman–Crippen LogP) is 0.844. The molecule has 2 aromatic rings. The lowest BCUT2D eigenvalue weighted by molar-refractivity contribution is 0.387. The van der Waals surface area contributed by atoms with Crippen molar-refractivity contribution in [3.05, 3.63) is 18.5 Å². The van der Waals surface area contributed by atoms with Crippen LogP contribution in [0.15, 0.2) is 28.0 Å². The molecule has 2 rings (SSSR count). The molecule has 4 N–H and O–H groups in total. The van der Waals surface area contributed by atoms with E-state index in [0.717, 1.165) is 0 Å². The Hall–Kier alpha value is -1.34. The van der Waals surface area contributed by atoms with Gasteiger partial charge in [0.05, 0.1) is 12.5 Å². The van der Waals surface area contributed by atoms with Crippen molar-refractivity contribution in [1.82, 2.24) is 9.97 Å². The Balaban J connectivity index is 2.66. The van der Waals surface area contributed by atoms with Crippen LogP contribution >= 0.6 is 19.4 Å². The molecule has 9 heteroatoms. The summed E-state index contributed by atoms with van der Waals surface area (Å²) in [5.41, 5.74) is 5.76. The maximum Gasteiger partial charge on any atom is 0.360 e. The zero-order chi connectivity index (χ0) is 13.3. The van der Waals surface area contributed by atoms with Gasteiger partial charge >= 0.3 is 7.60 Å². The lowest BCUT2D eigenvalue weighted by Crippen LogP contribution is -2.06. The van der Waals surface area contributed by atoms with Gasteiger partial charge in [-0.1, -0.05) is 0 Å². The van der Waals surface area contributed by atoms with Crippen LogP contribution in [0.2, 0.25) is 0 Å². The van der Waals surface area contributed by atoms with E-state index in [0.29, 0.717) is 5.03 Å². The predicted molar refractivity (Wildman–Crippen MR) is 67.6 cm³/mol. The molecule has 0 spiro atoms. The number of aromatic nitrogens is 2. The lowest BCUT2D eigenvalue weighted by Gasteiger charge is -2.07. The van der Waals surface area contributed by atoms with Crippen LogP contribution < -0.4 is 11.0 Å². The molecule has 0 fully saturated rings. The third-order valence-electron chi connectivity index (χ3n) is 2.12. The van der Waals surface area contributed by atoms with Gasteiger partial charge in [-0.15, -0.1) is 11.8 Å². The van der Waals surface area contributed by atoms with Crippen molar-refractivity contribution >= 4 is 30.5 Å². The van der Waals surface area contributed by atoms with E-state index < -0.39 is 7.60 Å². The van der Waals surface area contributed by atoms with Crippen molar-refractivity contribution in [1.29, 1.82) is 0 Å². The van der Waals surface area contributed by atoms with Gasteiger partial charge in [-0.25, -0.2) is 9.97 Å². The third kappa shape index (κ3) is 2.41. The summed E-state index contributed by atoms with van der Waals surface area (Å²) in [7, 11) is -4.43. The summed E-state index contributed by atoms with van der Waals surface area (Å²) in [4.78, 5) is 26.5. The van der Waals surface area contributed by atoms with Crippen molar-refractivity contribution in [2.24, 2.45) is 0 Å². The number of thioether (sulfide) groups is 1. The van der Waals surface area contributed by atoms with Crippen molar-refractivity contribution in [3.63, 3.8) is 0 Å². The molecule has 0 aliphatic heterocycles. The summed E-state index contributed by atoms with van der Waals surface area (Å²) in [6.45, 7) is 0. The third-order valence-corrected chi connectivity index (χ3v) is 3.79. The standard InChI is InChI=1S/C9H10N3O4PS/c1-18-9-7(12-6(10)4-11-9)8-5(2-3-16-8)17(13,14)15/h2-4H,1H3,(H2,10,12)(H2,13,14,15). The Morgan fingerprint density at radius 2 is 2.22 bits per heavy atom. The molecule has 0 atom stereocenters. The SMILES string of the molecule is CSc1ncc(N)nc1-c1occc1P(=O)(O)O. The fraction of sp³-hybridized carbons (Fsp3) is 0.111. The molecule has 0 aromatic carbocycles. The smallest absolute Gasteiger partial charge is 0.360 e. The molecule has 0 radical (unpaired) electrons. The summed E-state index contributed by atoms with van der Waals surface area (Å²) in [5, 5.41) is 0.256. The minimum Gasteiger partial charge on any atom is -0.462 e. The maximum atomic E-state index is 11.3. The summed E-state index contributed by atoms with van der Waals surface area (Å²) in [6.07, 6.45) is 4.33. The van der Waals surface area contributed by atoms with Crippen LogP contribution in [-0.2, 0) is 4.57 Å². The highest BCUT2D eigenvalue weighted by Crippen LogP contribution is 2.39. The van der Waals surface area contributed by atoms with Gasteiger partial charge in [-0.2, -0.15) is 0 Å². The van der Waals surface area contributed by atoms with Crippen LogP contribution in [0.3, 0.4) is 0 Å². The fourth-order valence-electron chi connectivity index (χ4n) is 1.40. The Labute approximate surface area is 107 Å². The highest BCUT2D eigenvalue weighted by Gasteiger charge is 2.27. The van der Waals surface area contributed by atoms with E-state index in [1.54, 1.807) is 6.26 Å². The molecular formula is C9H10N3O4PS. The molecule has 18 heavy (non-hydrogen) atoms. The largest absolute Gasteiger partial charge is 0.462 e. The number of nitrogens with two attached hydrogens (primary N) is 1. The molecule has 0 saturated heterocycles. The Kier molecular flexibility index (Phi) is 3.45. The van der Waals surface area contributed by atoms with Crippen molar-refractivity contribution in [2.45, 2.75) is 5.03 Å². The Bertz CT molecular complexity index is 624. The number of rotatable bonds is 3. The summed E-state index contributed by atoms with van der Waals surface area (Å²) >= 11 is 1.28. The maximum absolute atomic E-state index is 11.3. The number of nitrogens with zero attached hydrogens (tertiary/aromatic N) is 2. The average molecular weight is 287 g/mol. The van der Waals surface area contributed by atoms with Crippen molar-refractivity contribution in [3.8, 4) is 11.5 Å². The second kappa shape index (κ2) is 4.74. The van der Waals surface area contributed by atoms with Crippen LogP contribution in [0.4, 0.5) is 5.82 Å². The first-order valence-corrected chi connectivity index (χ1v) is 7.57. The number of anilines is 1. The molecule has 0 amide bonds. The Morgan fingerprint density at radius 3 is 2.83 bits per heavy atom. The van der Waals surface area contributed by atoms with Crippen LogP contribution in [0.1, 0.15) is 0 Å². The second-order valence-electron chi connectivity index (χ2n) is 3.33. The summed E-state index contributed by atoms with van der Waals surface area (Å²) in [5.74, 6) is 0.142. The van der Waals surface area contributed by atoms with Crippen molar-refractivity contribution in [2.75, 3.05) is 12.0 Å². The molecule has 0 unspecified atom stereocenters. The normalized spacial score (nSPS) is 11.7. The van der Waals surface area contributed by atoms with Crippen LogP contribution in [0, 0.1) is 0 Å². The summed E-state index contributed by atoms with van der Waals surface area (Å²) < 4.78 is 16.4. The summed E-state index contributed by atoms with van der Waals surface area (Å²) in [6, 6.07) is 1.21. The second-order valence-corrected chi connectivity index (χ2v) is 5.70. The molecule has 96 valence electrons. The monoisotopic (exact) mass is 287 g/mol. The van der Waals surface area contributed by atoms with E-state index in [1.807, 2.05) is 0 Å². The Morgan fingerprint density at radius 1 is 1.50 bits per heavy atom. The van der Waals surface area contributed by atoms with Gasteiger partial charge in [0.15, 0.2) is 5.76 Å². The highest BCUT2D eigenvalue weighted by atomic mass is 32.2. The quantitative estimate of drug-likeness (QED) is 0.560. The van der Waals surface area contributed by atoms with Gasteiger partial charge in [0.1, 0.15) is 21.8 Å². The zero-order valence-electron chi connectivity index (χ0n) is 9.27. The van der Waals surface area contributed by atoms with E-state index in [4.69, 9.17) is 10.2 Å². The number of hydrogen-bond acceptors (Lipinski definition) is 6. The average Bonchev–Trinajstić information content (AvgIpc) is 2.77. The number of furan rings is 1. The van der Waals surface area contributed by atoms with Gasteiger partial charge in [0.25, 0.3) is 0 Å². The van der Waals surface area contributed by atoms with Gasteiger partial charge < -0.3 is 19.9 Å². The number of nitrogen functional groups attached to an aromatic ring is 1. The van der Waals surface area contributed by atoms with E-state index in [1.165, 1.54) is 30.3 Å². The molecule has 0 aliphatic rings. The van der Waals surface area contributed by atoms with E-state index in [2.05, 4.69) is 9.97 Å². The van der Waals surface area contributed by atoms with Gasteiger partial charge in [-0.05, 0) is 12.3 Å². The van der Waals surface area contributed by atoms with Crippen molar-refractivity contribution < 1.29 is 18.8 Å². The minimum absolute atomic E-state index is 0.00696. The van der Waals surface area contributed by atoms with Gasteiger partial charge in [-0.3, -0.25) is 4.57 Å².